The summed E-state index contributed by atoms with van der Waals surface area (Å²) in [6.07, 6.45) is 1.06. The molecule has 0 radical (unpaired) electrons. The summed E-state index contributed by atoms with van der Waals surface area (Å²) >= 11 is 5.95. The smallest absolute Gasteiger partial charge is 0.260 e. The molecule has 0 atom stereocenters. The second-order valence-corrected chi connectivity index (χ2v) is 10.6. The van der Waals surface area contributed by atoms with Gasteiger partial charge in [0.05, 0.1) is 17.7 Å². The van der Waals surface area contributed by atoms with E-state index in [0.29, 0.717) is 22.0 Å². The van der Waals surface area contributed by atoms with Crippen LogP contribution in [0.25, 0.3) is 0 Å². The molecule has 0 aliphatic heterocycles. The SMILES string of the molecule is C/C(=N/NC(=O)CN(c1ccc(Cl)cc1C)S(C)(=O)=O)c1ccc(C(C)(C)C)cc1. The van der Waals surface area contributed by atoms with E-state index in [1.807, 2.05) is 24.3 Å². The molecule has 0 aliphatic carbocycles. The summed E-state index contributed by atoms with van der Waals surface area (Å²) in [4.78, 5) is 12.4. The molecule has 2 aromatic rings. The number of benzene rings is 2. The highest BCUT2D eigenvalue weighted by Crippen LogP contribution is 2.25. The van der Waals surface area contributed by atoms with Gasteiger partial charge in [-0.15, -0.1) is 0 Å². The molecule has 0 aromatic heterocycles. The van der Waals surface area contributed by atoms with Gasteiger partial charge in [0, 0.05) is 5.02 Å². The fourth-order valence-corrected chi connectivity index (χ4v) is 4.01. The largest absolute Gasteiger partial charge is 0.271 e. The molecule has 2 rings (SSSR count). The highest BCUT2D eigenvalue weighted by atomic mass is 35.5. The minimum absolute atomic E-state index is 0.0483. The number of carbonyl (C=O) groups excluding carboxylic acids is 1. The second kappa shape index (κ2) is 9.18. The normalized spacial score (nSPS) is 12.6. The standard InChI is InChI=1S/C22H28ClN3O3S/c1-15-13-19(23)11-12-20(15)26(30(6,28)29)14-21(27)25-24-16(2)17-7-9-18(10-8-17)22(3,4)5/h7-13H,14H2,1-6H3,(H,25,27)/b24-16-. The maximum absolute atomic E-state index is 12.4. The van der Waals surface area contributed by atoms with Crippen molar-refractivity contribution in [2.75, 3.05) is 17.1 Å². The maximum atomic E-state index is 12.4. The van der Waals surface area contributed by atoms with E-state index in [9.17, 15) is 13.2 Å². The number of nitrogens with zero attached hydrogens (tertiary/aromatic N) is 2. The molecule has 0 heterocycles. The molecule has 2 aromatic carbocycles. The average Bonchev–Trinajstić information content (AvgIpc) is 2.63. The topological polar surface area (TPSA) is 78.8 Å². The van der Waals surface area contributed by atoms with Gasteiger partial charge < -0.3 is 0 Å². The van der Waals surface area contributed by atoms with Gasteiger partial charge in [0.15, 0.2) is 0 Å². The Morgan fingerprint density at radius 1 is 1.13 bits per heavy atom. The lowest BCUT2D eigenvalue weighted by Crippen LogP contribution is -2.39. The maximum Gasteiger partial charge on any atom is 0.260 e. The summed E-state index contributed by atoms with van der Waals surface area (Å²) in [5.74, 6) is -0.541. The van der Waals surface area contributed by atoms with Crippen LogP contribution in [0.15, 0.2) is 47.6 Å². The molecule has 0 unspecified atom stereocenters. The van der Waals surface area contributed by atoms with E-state index in [4.69, 9.17) is 11.6 Å². The Bertz CT molecular complexity index is 1060. The van der Waals surface area contributed by atoms with Crippen LogP contribution in [0.5, 0.6) is 0 Å². The van der Waals surface area contributed by atoms with Gasteiger partial charge in [0.2, 0.25) is 10.0 Å². The third kappa shape index (κ3) is 6.31. The molecule has 0 aliphatic rings. The average molecular weight is 450 g/mol. The van der Waals surface area contributed by atoms with Crippen molar-refractivity contribution in [2.24, 2.45) is 5.10 Å². The van der Waals surface area contributed by atoms with Crippen molar-refractivity contribution in [3.8, 4) is 0 Å². The molecule has 0 spiro atoms. The summed E-state index contributed by atoms with van der Waals surface area (Å²) in [6, 6.07) is 12.8. The van der Waals surface area contributed by atoms with E-state index < -0.39 is 15.9 Å². The van der Waals surface area contributed by atoms with Gasteiger partial charge in [-0.2, -0.15) is 5.10 Å². The van der Waals surface area contributed by atoms with Gasteiger partial charge in [-0.1, -0.05) is 56.6 Å². The van der Waals surface area contributed by atoms with E-state index >= 15 is 0 Å². The van der Waals surface area contributed by atoms with E-state index in [2.05, 4.69) is 31.3 Å². The van der Waals surface area contributed by atoms with Crippen LogP contribution in [0, 0.1) is 6.92 Å². The Kier molecular flexibility index (Phi) is 7.31. The Morgan fingerprint density at radius 2 is 1.73 bits per heavy atom. The number of aryl methyl sites for hydroxylation is 1. The van der Waals surface area contributed by atoms with E-state index in [0.717, 1.165) is 16.1 Å². The summed E-state index contributed by atoms with van der Waals surface area (Å²) in [5, 5.41) is 4.62. The van der Waals surface area contributed by atoms with Crippen LogP contribution >= 0.6 is 11.6 Å². The Balaban J connectivity index is 2.15. The fraction of sp³-hybridized carbons (Fsp3) is 0.364. The zero-order chi connectivity index (χ0) is 22.7. The number of nitrogens with one attached hydrogen (secondary N) is 1. The summed E-state index contributed by atoms with van der Waals surface area (Å²) in [5.41, 5.74) is 6.24. The molecule has 1 amide bonds. The number of hydrogen-bond donors (Lipinski definition) is 1. The third-order valence-corrected chi connectivity index (χ3v) is 5.99. The molecule has 30 heavy (non-hydrogen) atoms. The molecule has 6 nitrogen and oxygen atoms in total. The van der Waals surface area contributed by atoms with E-state index in [-0.39, 0.29) is 12.0 Å². The van der Waals surface area contributed by atoms with Crippen LogP contribution in [-0.2, 0) is 20.2 Å². The lowest BCUT2D eigenvalue weighted by Gasteiger charge is -2.23. The lowest BCUT2D eigenvalue weighted by atomic mass is 9.86. The van der Waals surface area contributed by atoms with Gasteiger partial charge in [0.25, 0.3) is 5.91 Å². The van der Waals surface area contributed by atoms with Crippen molar-refractivity contribution in [1.82, 2.24) is 5.43 Å². The van der Waals surface area contributed by atoms with E-state index in [1.165, 1.54) is 5.56 Å². The monoisotopic (exact) mass is 449 g/mol. The Hall–Kier alpha value is -2.38. The quantitative estimate of drug-likeness (QED) is 0.528. The molecular weight excluding hydrogens is 422 g/mol. The van der Waals surface area contributed by atoms with Crippen LogP contribution in [0.4, 0.5) is 5.69 Å². The summed E-state index contributed by atoms with van der Waals surface area (Å²) in [7, 11) is -3.68. The van der Waals surface area contributed by atoms with Crippen molar-refractivity contribution >= 4 is 38.9 Å². The molecule has 0 fully saturated rings. The number of hydrogen-bond acceptors (Lipinski definition) is 4. The predicted molar refractivity (Wildman–Crippen MR) is 124 cm³/mol. The van der Waals surface area contributed by atoms with Gasteiger partial charge >= 0.3 is 0 Å². The van der Waals surface area contributed by atoms with Crippen LogP contribution < -0.4 is 9.73 Å². The van der Waals surface area contributed by atoms with Gasteiger partial charge in [0.1, 0.15) is 6.54 Å². The molecule has 0 saturated carbocycles. The van der Waals surface area contributed by atoms with Crippen molar-refractivity contribution in [2.45, 2.75) is 40.0 Å². The number of anilines is 1. The van der Waals surface area contributed by atoms with Crippen molar-refractivity contribution in [3.05, 3.63) is 64.2 Å². The van der Waals surface area contributed by atoms with Crippen LogP contribution in [-0.4, -0.2) is 32.8 Å². The minimum Gasteiger partial charge on any atom is -0.271 e. The predicted octanol–water partition coefficient (Wildman–Crippen LogP) is 4.25. The number of halogens is 1. The van der Waals surface area contributed by atoms with Crippen LogP contribution in [0.3, 0.4) is 0 Å². The first kappa shape index (κ1) is 23.9. The van der Waals surface area contributed by atoms with Gasteiger partial charge in [-0.25, -0.2) is 13.8 Å². The lowest BCUT2D eigenvalue weighted by molar-refractivity contribution is -0.119. The van der Waals surface area contributed by atoms with E-state index in [1.54, 1.807) is 32.0 Å². The molecule has 1 N–H and O–H groups in total. The zero-order valence-corrected chi connectivity index (χ0v) is 19.7. The summed E-state index contributed by atoms with van der Waals surface area (Å²) in [6.45, 7) is 9.54. The van der Waals surface area contributed by atoms with Gasteiger partial charge in [-0.3, -0.25) is 9.10 Å². The molecule has 0 bridgehead atoms. The van der Waals surface area contributed by atoms with Crippen LogP contribution in [0.2, 0.25) is 5.02 Å². The van der Waals surface area contributed by atoms with Crippen molar-refractivity contribution in [1.29, 1.82) is 0 Å². The number of hydrazone groups is 1. The first-order valence-electron chi connectivity index (χ1n) is 9.47. The van der Waals surface area contributed by atoms with Crippen molar-refractivity contribution in [3.63, 3.8) is 0 Å². The number of carbonyl (C=O) groups is 1. The third-order valence-electron chi connectivity index (χ3n) is 4.63. The zero-order valence-electron chi connectivity index (χ0n) is 18.2. The Morgan fingerprint density at radius 3 is 2.23 bits per heavy atom. The minimum atomic E-state index is -3.68. The molecule has 8 heteroatoms. The summed E-state index contributed by atoms with van der Waals surface area (Å²) < 4.78 is 25.5. The Labute approximate surface area is 184 Å². The molecular formula is C22H28ClN3O3S. The highest BCUT2D eigenvalue weighted by molar-refractivity contribution is 7.92. The highest BCUT2D eigenvalue weighted by Gasteiger charge is 2.22. The number of rotatable bonds is 6. The fourth-order valence-electron chi connectivity index (χ4n) is 2.87. The number of sulfonamides is 1. The molecule has 0 saturated heterocycles. The molecule has 162 valence electrons. The van der Waals surface area contributed by atoms with Crippen molar-refractivity contribution < 1.29 is 13.2 Å². The van der Waals surface area contributed by atoms with Crippen LogP contribution in [0.1, 0.15) is 44.4 Å². The van der Waals surface area contributed by atoms with Gasteiger partial charge in [-0.05, 0) is 54.2 Å². The number of amides is 1. The second-order valence-electron chi connectivity index (χ2n) is 8.26. The first-order valence-corrected chi connectivity index (χ1v) is 11.7. The first-order chi connectivity index (χ1) is 13.8.